The van der Waals surface area contributed by atoms with Gasteiger partial charge in [-0.15, -0.1) is 0 Å². The SMILES string of the molecule is C=C/C(=C\C=C(/C)c1ccc2c(c1)c1ccccc1c1c3ccccc3nc(-c3cccnc3)c21)c1cccnc1. The molecular weight excluding hydrogens is 498 g/mol. The lowest BCUT2D eigenvalue weighted by molar-refractivity contribution is 1.31. The highest BCUT2D eigenvalue weighted by atomic mass is 14.7. The van der Waals surface area contributed by atoms with Crippen LogP contribution in [0.2, 0.25) is 0 Å². The summed E-state index contributed by atoms with van der Waals surface area (Å²) in [7, 11) is 0. The smallest absolute Gasteiger partial charge is 0.0810 e. The van der Waals surface area contributed by atoms with Crippen molar-refractivity contribution in [1.82, 2.24) is 15.0 Å². The minimum Gasteiger partial charge on any atom is -0.264 e. The fourth-order valence-electron chi connectivity index (χ4n) is 5.76. The fourth-order valence-corrected chi connectivity index (χ4v) is 5.76. The lowest BCUT2D eigenvalue weighted by Gasteiger charge is -2.17. The van der Waals surface area contributed by atoms with Gasteiger partial charge in [0.05, 0.1) is 11.2 Å². The number of fused-ring (bicyclic) bond motifs is 8. The van der Waals surface area contributed by atoms with Gasteiger partial charge in [0.15, 0.2) is 0 Å². The second-order valence-corrected chi connectivity index (χ2v) is 10.2. The Kier molecular flexibility index (Phi) is 6.18. The first-order chi connectivity index (χ1) is 20.2. The average Bonchev–Trinajstić information content (AvgIpc) is 3.05. The number of hydrogen-bond acceptors (Lipinski definition) is 3. The molecule has 0 radical (unpaired) electrons. The van der Waals surface area contributed by atoms with Gasteiger partial charge in [-0.05, 0) is 81.1 Å². The number of benzene rings is 4. The number of rotatable bonds is 5. The molecule has 4 aromatic carbocycles. The molecule has 0 N–H and O–H groups in total. The van der Waals surface area contributed by atoms with Gasteiger partial charge in [0.1, 0.15) is 0 Å². The molecule has 0 bridgehead atoms. The molecule has 7 aromatic rings. The molecule has 0 aliphatic rings. The second kappa shape index (κ2) is 10.3. The van der Waals surface area contributed by atoms with E-state index >= 15 is 0 Å². The second-order valence-electron chi connectivity index (χ2n) is 10.2. The molecular formula is C38H27N3. The molecule has 0 unspecified atom stereocenters. The third-order valence-electron chi connectivity index (χ3n) is 7.79. The van der Waals surface area contributed by atoms with Crippen LogP contribution in [0.3, 0.4) is 0 Å². The van der Waals surface area contributed by atoms with Crippen LogP contribution in [0.5, 0.6) is 0 Å². The first-order valence-corrected chi connectivity index (χ1v) is 13.7. The summed E-state index contributed by atoms with van der Waals surface area (Å²) >= 11 is 0. The topological polar surface area (TPSA) is 38.7 Å². The normalized spacial score (nSPS) is 12.4. The van der Waals surface area contributed by atoms with Gasteiger partial charge in [-0.1, -0.05) is 85.5 Å². The van der Waals surface area contributed by atoms with Gasteiger partial charge in [-0.2, -0.15) is 0 Å². The molecule has 7 rings (SSSR count). The van der Waals surface area contributed by atoms with E-state index < -0.39 is 0 Å². The zero-order chi connectivity index (χ0) is 27.8. The summed E-state index contributed by atoms with van der Waals surface area (Å²) in [6.45, 7) is 6.16. The molecule has 0 saturated carbocycles. The van der Waals surface area contributed by atoms with Crippen molar-refractivity contribution in [3.8, 4) is 11.3 Å². The lowest BCUT2D eigenvalue weighted by atomic mass is 9.89. The van der Waals surface area contributed by atoms with Gasteiger partial charge in [0, 0.05) is 46.5 Å². The molecule has 194 valence electrons. The lowest BCUT2D eigenvalue weighted by Crippen LogP contribution is -1.94. The minimum atomic E-state index is 0.956. The first-order valence-electron chi connectivity index (χ1n) is 13.7. The highest BCUT2D eigenvalue weighted by Gasteiger charge is 2.17. The average molecular weight is 526 g/mol. The molecule has 41 heavy (non-hydrogen) atoms. The Bertz CT molecular complexity index is 2160. The van der Waals surface area contributed by atoms with Crippen LogP contribution in [0.1, 0.15) is 18.1 Å². The number of hydrogen-bond donors (Lipinski definition) is 0. The number of para-hydroxylation sites is 1. The summed E-state index contributed by atoms with van der Waals surface area (Å²) in [4.78, 5) is 13.9. The maximum atomic E-state index is 5.20. The Labute approximate surface area is 238 Å². The number of pyridine rings is 3. The summed E-state index contributed by atoms with van der Waals surface area (Å²) in [6.07, 6.45) is 13.5. The highest BCUT2D eigenvalue weighted by Crippen LogP contribution is 2.43. The van der Waals surface area contributed by atoms with E-state index in [0.717, 1.165) is 38.7 Å². The van der Waals surface area contributed by atoms with Crippen LogP contribution < -0.4 is 0 Å². The fraction of sp³-hybridized carbons (Fsp3) is 0.0263. The Hall–Kier alpha value is -5.41. The highest BCUT2D eigenvalue weighted by molar-refractivity contribution is 6.33. The van der Waals surface area contributed by atoms with Crippen molar-refractivity contribution in [2.45, 2.75) is 6.92 Å². The van der Waals surface area contributed by atoms with Gasteiger partial charge >= 0.3 is 0 Å². The van der Waals surface area contributed by atoms with Crippen molar-refractivity contribution < 1.29 is 0 Å². The van der Waals surface area contributed by atoms with E-state index in [1.807, 2.05) is 36.8 Å². The Morgan fingerprint density at radius 3 is 2.12 bits per heavy atom. The number of allylic oxidation sites excluding steroid dienone is 5. The van der Waals surface area contributed by atoms with Crippen LogP contribution in [0, 0.1) is 0 Å². The van der Waals surface area contributed by atoms with Gasteiger partial charge in [-0.25, -0.2) is 4.98 Å². The van der Waals surface area contributed by atoms with Gasteiger partial charge in [0.25, 0.3) is 0 Å². The van der Waals surface area contributed by atoms with Crippen LogP contribution in [-0.2, 0) is 0 Å². The summed E-state index contributed by atoms with van der Waals surface area (Å²) in [5.74, 6) is 0. The molecule has 0 fully saturated rings. The van der Waals surface area contributed by atoms with E-state index in [0.29, 0.717) is 0 Å². The first kappa shape index (κ1) is 24.6. The molecule has 0 saturated heterocycles. The number of aromatic nitrogens is 3. The monoisotopic (exact) mass is 525 g/mol. The molecule has 0 atom stereocenters. The van der Waals surface area contributed by atoms with E-state index in [-0.39, 0.29) is 0 Å². The molecule has 3 heteroatoms. The van der Waals surface area contributed by atoms with Crippen molar-refractivity contribution in [3.05, 3.63) is 152 Å². The third kappa shape index (κ3) is 4.29. The van der Waals surface area contributed by atoms with Crippen LogP contribution in [-0.4, -0.2) is 15.0 Å². The summed E-state index contributed by atoms with van der Waals surface area (Å²) < 4.78 is 0. The largest absolute Gasteiger partial charge is 0.264 e. The standard InChI is InChI=1S/C38H27N3/c1-3-26(28-10-8-20-39-23-28)17-16-25(2)27-18-19-32-34(22-27)30-12-4-5-13-31(30)36-33-14-6-7-15-35(33)41-38(37(32)36)29-11-9-21-40-24-29/h3-24H,1H2,2H3/b25-16+,26-17+. The van der Waals surface area contributed by atoms with Crippen LogP contribution in [0.4, 0.5) is 0 Å². The minimum absolute atomic E-state index is 0.956. The molecule has 0 spiro atoms. The molecule has 3 heterocycles. The Morgan fingerprint density at radius 2 is 1.37 bits per heavy atom. The quantitative estimate of drug-likeness (QED) is 0.166. The van der Waals surface area contributed by atoms with E-state index in [1.165, 1.54) is 38.1 Å². The van der Waals surface area contributed by atoms with Crippen molar-refractivity contribution in [1.29, 1.82) is 0 Å². The predicted octanol–water partition coefficient (Wildman–Crippen LogP) is 9.82. The van der Waals surface area contributed by atoms with E-state index in [1.54, 1.807) is 6.20 Å². The number of nitrogens with zero attached hydrogens (tertiary/aromatic N) is 3. The maximum absolute atomic E-state index is 5.20. The van der Waals surface area contributed by atoms with E-state index in [2.05, 4.69) is 114 Å². The van der Waals surface area contributed by atoms with Crippen molar-refractivity contribution in [2.24, 2.45) is 0 Å². The molecule has 0 aliphatic heterocycles. The van der Waals surface area contributed by atoms with Crippen molar-refractivity contribution in [3.63, 3.8) is 0 Å². The predicted molar refractivity (Wildman–Crippen MR) is 174 cm³/mol. The van der Waals surface area contributed by atoms with Gasteiger partial charge < -0.3 is 0 Å². The molecule has 3 aromatic heterocycles. The third-order valence-corrected chi connectivity index (χ3v) is 7.79. The van der Waals surface area contributed by atoms with Crippen LogP contribution >= 0.6 is 0 Å². The van der Waals surface area contributed by atoms with Crippen molar-refractivity contribution >= 4 is 54.4 Å². The Balaban J connectivity index is 1.52. The molecule has 3 nitrogen and oxygen atoms in total. The van der Waals surface area contributed by atoms with Crippen LogP contribution in [0.25, 0.3) is 65.6 Å². The molecule has 0 amide bonds. The van der Waals surface area contributed by atoms with Crippen molar-refractivity contribution in [2.75, 3.05) is 0 Å². The summed E-state index contributed by atoms with van der Waals surface area (Å²) in [6, 6.07) is 32.0. The van der Waals surface area contributed by atoms with Gasteiger partial charge in [-0.3, -0.25) is 9.97 Å². The van der Waals surface area contributed by atoms with Gasteiger partial charge in [0.2, 0.25) is 0 Å². The maximum Gasteiger partial charge on any atom is 0.0810 e. The van der Waals surface area contributed by atoms with E-state index in [9.17, 15) is 0 Å². The summed E-state index contributed by atoms with van der Waals surface area (Å²) in [5, 5.41) is 8.40. The van der Waals surface area contributed by atoms with Crippen LogP contribution in [0.15, 0.2) is 141 Å². The zero-order valence-corrected chi connectivity index (χ0v) is 22.8. The summed E-state index contributed by atoms with van der Waals surface area (Å²) in [5.41, 5.74) is 7.37. The molecule has 0 aliphatic carbocycles. The Morgan fingerprint density at radius 1 is 0.634 bits per heavy atom. The zero-order valence-electron chi connectivity index (χ0n) is 22.8. The van der Waals surface area contributed by atoms with E-state index in [4.69, 9.17) is 4.98 Å².